The van der Waals surface area contributed by atoms with Crippen LogP contribution in [0.5, 0.6) is 0 Å². The normalized spacial score (nSPS) is 14.1. The van der Waals surface area contributed by atoms with E-state index in [1.165, 1.54) is 96.3 Å². The van der Waals surface area contributed by atoms with Crippen LogP contribution in [0.15, 0.2) is 36.5 Å². The Morgan fingerprint density at radius 3 is 1.46 bits per heavy atom. The molecule has 0 heterocycles. The van der Waals surface area contributed by atoms with Gasteiger partial charge in [-0.1, -0.05) is 185 Å². The average molecular weight is 829 g/mol. The summed E-state index contributed by atoms with van der Waals surface area (Å²) in [5, 5.41) is 18.4. The van der Waals surface area contributed by atoms with Crippen LogP contribution in [-0.2, 0) is 32.7 Å². The van der Waals surface area contributed by atoms with E-state index in [1.54, 1.807) is 0 Å². The van der Waals surface area contributed by atoms with Crippen LogP contribution in [-0.4, -0.2) is 65.7 Å². The summed E-state index contributed by atoms with van der Waals surface area (Å²) in [5.41, 5.74) is 0. The van der Waals surface area contributed by atoms with Gasteiger partial charge in [-0.15, -0.1) is 0 Å². The first-order valence-corrected chi connectivity index (χ1v) is 24.4. The first-order valence-electron chi connectivity index (χ1n) is 22.9. The molecule has 0 radical (unpaired) electrons. The molecule has 0 aliphatic heterocycles. The van der Waals surface area contributed by atoms with Gasteiger partial charge in [0.25, 0.3) is 0 Å². The van der Waals surface area contributed by atoms with Gasteiger partial charge in [-0.05, 0) is 44.9 Å². The van der Waals surface area contributed by atoms with Gasteiger partial charge in [0.05, 0.1) is 19.8 Å². The van der Waals surface area contributed by atoms with Gasteiger partial charge in [0.15, 0.2) is 6.10 Å². The Hall–Kier alpha value is -1.81. The summed E-state index contributed by atoms with van der Waals surface area (Å²) < 4.78 is 32.8. The quantitative estimate of drug-likeness (QED) is 0.0235. The average Bonchev–Trinajstić information content (AvgIpc) is 3.20. The maximum absolute atomic E-state index is 12.6. The number of esters is 2. The Balaban J connectivity index is 4.25. The van der Waals surface area contributed by atoms with E-state index < -0.39 is 51.8 Å². The maximum atomic E-state index is 12.6. The molecule has 3 unspecified atom stereocenters. The molecule has 3 N–H and O–H groups in total. The molecular weight excluding hydrogens is 743 g/mol. The molecule has 10 nitrogen and oxygen atoms in total. The van der Waals surface area contributed by atoms with E-state index >= 15 is 0 Å². The number of unbranched alkanes of at least 4 members (excludes halogenated alkanes) is 23. The Bertz CT molecular complexity index is 1050. The van der Waals surface area contributed by atoms with Crippen LogP contribution in [0.4, 0.5) is 0 Å². The minimum absolute atomic E-state index is 0.174. The highest BCUT2D eigenvalue weighted by Gasteiger charge is 2.27. The molecular formula is C46H85O10P. The zero-order valence-corrected chi connectivity index (χ0v) is 37.2. The molecule has 0 saturated heterocycles. The maximum Gasteiger partial charge on any atom is 0.472 e. The number of rotatable bonds is 43. The lowest BCUT2D eigenvalue weighted by Gasteiger charge is -2.20. The number of phosphoric ester groups is 1. The molecule has 0 amide bonds. The first kappa shape index (κ1) is 55.2. The van der Waals surface area contributed by atoms with Crippen molar-refractivity contribution < 1.29 is 47.8 Å². The summed E-state index contributed by atoms with van der Waals surface area (Å²) >= 11 is 0. The molecule has 0 spiro atoms. The van der Waals surface area contributed by atoms with Crippen molar-refractivity contribution in [2.75, 3.05) is 26.4 Å². The predicted octanol–water partition coefficient (Wildman–Crippen LogP) is 12.3. The molecule has 334 valence electrons. The molecule has 0 rings (SSSR count). The van der Waals surface area contributed by atoms with E-state index in [0.29, 0.717) is 12.8 Å². The molecule has 0 aromatic carbocycles. The highest BCUT2D eigenvalue weighted by Crippen LogP contribution is 2.43. The van der Waals surface area contributed by atoms with Gasteiger partial charge < -0.3 is 24.6 Å². The first-order chi connectivity index (χ1) is 27.7. The Morgan fingerprint density at radius 2 is 0.965 bits per heavy atom. The minimum Gasteiger partial charge on any atom is -0.462 e. The van der Waals surface area contributed by atoms with Crippen LogP contribution in [0.1, 0.15) is 206 Å². The number of aliphatic hydroxyl groups is 2. The summed E-state index contributed by atoms with van der Waals surface area (Å²) in [6.07, 6.45) is 43.9. The number of allylic oxidation sites excluding steroid dienone is 6. The van der Waals surface area contributed by atoms with Gasteiger partial charge in [0.2, 0.25) is 0 Å². The number of carbonyl (C=O) groups excluding carboxylic acids is 2. The van der Waals surface area contributed by atoms with Crippen molar-refractivity contribution in [2.24, 2.45) is 0 Å². The molecule has 11 heteroatoms. The summed E-state index contributed by atoms with van der Waals surface area (Å²) in [6.45, 7) is 2.28. The fourth-order valence-corrected chi connectivity index (χ4v) is 7.09. The summed E-state index contributed by atoms with van der Waals surface area (Å²) in [7, 11) is -4.62. The van der Waals surface area contributed by atoms with Crippen molar-refractivity contribution in [3.63, 3.8) is 0 Å². The van der Waals surface area contributed by atoms with Crippen molar-refractivity contribution in [3.05, 3.63) is 36.5 Å². The van der Waals surface area contributed by atoms with Gasteiger partial charge in [-0.2, -0.15) is 0 Å². The monoisotopic (exact) mass is 829 g/mol. The van der Waals surface area contributed by atoms with E-state index in [2.05, 4.69) is 50.3 Å². The standard InChI is InChI=1S/C46H85O10P/c1-3-5-7-9-11-13-15-17-19-21-23-25-27-29-31-33-35-37-45(49)53-41-44(42-55-57(51,52)54-40-43(48)39-47)56-46(50)38-36-34-32-30-28-26-24-22-20-18-16-14-12-10-8-6-4-2/h6,8,12,14,18,20,43-44,47-48H,3-5,7,9-11,13,15-17,19,21-42H2,1-2H3,(H,51,52)/b8-6-,14-12-,20-18-. The van der Waals surface area contributed by atoms with E-state index in [4.69, 9.17) is 23.6 Å². The third kappa shape index (κ3) is 42.1. The Kier molecular flexibility index (Phi) is 41.0. The second kappa shape index (κ2) is 42.3. The number of phosphoric acid groups is 1. The van der Waals surface area contributed by atoms with Crippen LogP contribution in [0, 0.1) is 0 Å². The SMILES string of the molecule is CC/C=C\C/C=C\C/C=C\CCCCCCCCCC(=O)OC(COC(=O)CCCCCCCCCCCCCCCCCCC)COP(=O)(O)OCC(O)CO. The Labute approximate surface area is 348 Å². The lowest BCUT2D eigenvalue weighted by molar-refractivity contribution is -0.161. The van der Waals surface area contributed by atoms with Gasteiger partial charge in [-0.3, -0.25) is 18.6 Å². The number of ether oxygens (including phenoxy) is 2. The van der Waals surface area contributed by atoms with E-state index in [1.807, 2.05) is 0 Å². The summed E-state index contributed by atoms with van der Waals surface area (Å²) in [5.74, 6) is -0.929. The van der Waals surface area contributed by atoms with Gasteiger partial charge in [0, 0.05) is 12.8 Å². The molecule has 57 heavy (non-hydrogen) atoms. The molecule has 0 saturated carbocycles. The van der Waals surface area contributed by atoms with Gasteiger partial charge >= 0.3 is 19.8 Å². The number of aliphatic hydroxyl groups excluding tert-OH is 2. The number of carbonyl (C=O) groups is 2. The lowest BCUT2D eigenvalue weighted by Crippen LogP contribution is -2.29. The van der Waals surface area contributed by atoms with Crippen molar-refractivity contribution in [3.8, 4) is 0 Å². The lowest BCUT2D eigenvalue weighted by atomic mass is 10.0. The van der Waals surface area contributed by atoms with Crippen molar-refractivity contribution in [2.45, 2.75) is 219 Å². The largest absolute Gasteiger partial charge is 0.472 e. The highest BCUT2D eigenvalue weighted by atomic mass is 31.2. The topological polar surface area (TPSA) is 149 Å². The van der Waals surface area contributed by atoms with Crippen LogP contribution < -0.4 is 0 Å². The van der Waals surface area contributed by atoms with E-state index in [9.17, 15) is 24.2 Å². The van der Waals surface area contributed by atoms with Gasteiger partial charge in [-0.25, -0.2) is 4.57 Å². The molecule has 0 aromatic heterocycles. The van der Waals surface area contributed by atoms with Crippen molar-refractivity contribution in [1.29, 1.82) is 0 Å². The second-order valence-electron chi connectivity index (χ2n) is 15.4. The molecule has 0 aromatic rings. The fourth-order valence-electron chi connectivity index (χ4n) is 6.30. The number of hydrogen-bond acceptors (Lipinski definition) is 9. The molecule has 0 aliphatic rings. The van der Waals surface area contributed by atoms with Crippen LogP contribution in [0.2, 0.25) is 0 Å². The molecule has 0 fully saturated rings. The molecule has 0 aliphatic carbocycles. The van der Waals surface area contributed by atoms with Crippen LogP contribution in [0.3, 0.4) is 0 Å². The zero-order valence-electron chi connectivity index (χ0n) is 36.3. The molecule has 3 atom stereocenters. The van der Waals surface area contributed by atoms with E-state index in [-0.39, 0.29) is 19.4 Å². The third-order valence-electron chi connectivity index (χ3n) is 9.81. The second-order valence-corrected chi connectivity index (χ2v) is 16.9. The van der Waals surface area contributed by atoms with Crippen LogP contribution in [0.25, 0.3) is 0 Å². The zero-order chi connectivity index (χ0) is 41.9. The fraction of sp³-hybridized carbons (Fsp3) is 0.826. The third-order valence-corrected chi connectivity index (χ3v) is 10.8. The summed E-state index contributed by atoms with van der Waals surface area (Å²) in [6, 6.07) is 0. The predicted molar refractivity (Wildman–Crippen MR) is 233 cm³/mol. The smallest absolute Gasteiger partial charge is 0.462 e. The van der Waals surface area contributed by atoms with Crippen molar-refractivity contribution in [1.82, 2.24) is 0 Å². The highest BCUT2D eigenvalue weighted by molar-refractivity contribution is 7.47. The molecule has 0 bridgehead atoms. The minimum atomic E-state index is -4.62. The van der Waals surface area contributed by atoms with E-state index in [0.717, 1.165) is 70.6 Å². The van der Waals surface area contributed by atoms with Crippen molar-refractivity contribution >= 4 is 19.8 Å². The summed E-state index contributed by atoms with van der Waals surface area (Å²) in [4.78, 5) is 35.1. The Morgan fingerprint density at radius 1 is 0.544 bits per heavy atom. The van der Waals surface area contributed by atoms with Gasteiger partial charge in [0.1, 0.15) is 12.7 Å². The van der Waals surface area contributed by atoms with Crippen LogP contribution >= 0.6 is 7.82 Å². The number of hydrogen-bond donors (Lipinski definition) is 3.